The second-order valence-corrected chi connectivity index (χ2v) is 4.60. The van der Waals surface area contributed by atoms with Crippen LogP contribution in [0.4, 0.5) is 11.4 Å². The molecule has 1 fully saturated rings. The molecule has 0 aromatic heterocycles. The molecule has 2 rings (SSSR count). The summed E-state index contributed by atoms with van der Waals surface area (Å²) in [6, 6.07) is 7.19. The Morgan fingerprint density at radius 2 is 2.32 bits per heavy atom. The molecule has 1 aliphatic heterocycles. The molecule has 3 N–H and O–H groups in total. The molecule has 1 aromatic rings. The Kier molecular flexibility index (Phi) is 5.18. The molecule has 0 radical (unpaired) electrons. The fraction of sp³-hybridized carbons (Fsp3) is 0.500. The number of anilines is 2. The number of benzene rings is 1. The fourth-order valence-corrected chi connectivity index (χ4v) is 1.98. The minimum atomic E-state index is -0.0924. The van der Waals surface area contributed by atoms with Gasteiger partial charge in [-0.3, -0.25) is 4.79 Å². The zero-order valence-corrected chi connectivity index (χ0v) is 10.9. The molecule has 1 atom stereocenters. The molecule has 0 saturated carbocycles. The van der Waals surface area contributed by atoms with Gasteiger partial charge < -0.3 is 20.5 Å². The number of amides is 1. The Morgan fingerprint density at radius 3 is 3.05 bits per heavy atom. The normalized spacial score (nSPS) is 18.4. The van der Waals surface area contributed by atoms with E-state index in [9.17, 15) is 4.79 Å². The Labute approximate surface area is 113 Å². The van der Waals surface area contributed by atoms with E-state index in [1.165, 1.54) is 0 Å². The van der Waals surface area contributed by atoms with Gasteiger partial charge in [0.25, 0.3) is 0 Å². The van der Waals surface area contributed by atoms with E-state index in [1.54, 1.807) is 12.1 Å². The zero-order chi connectivity index (χ0) is 13.5. The highest BCUT2D eigenvalue weighted by Crippen LogP contribution is 2.16. The van der Waals surface area contributed by atoms with Crippen LogP contribution < -0.4 is 11.1 Å². The van der Waals surface area contributed by atoms with Crippen LogP contribution in [0.25, 0.3) is 0 Å². The molecule has 1 unspecified atom stereocenters. The van der Waals surface area contributed by atoms with Crippen LogP contribution in [-0.4, -0.2) is 31.8 Å². The lowest BCUT2D eigenvalue weighted by Crippen LogP contribution is -2.18. The molecular weight excluding hydrogens is 244 g/mol. The maximum Gasteiger partial charge on any atom is 0.226 e. The summed E-state index contributed by atoms with van der Waals surface area (Å²) in [5.41, 5.74) is 6.95. The van der Waals surface area contributed by atoms with Crippen LogP contribution in [0.5, 0.6) is 0 Å². The van der Waals surface area contributed by atoms with E-state index >= 15 is 0 Å². The van der Waals surface area contributed by atoms with E-state index in [1.807, 2.05) is 12.1 Å². The van der Waals surface area contributed by atoms with Gasteiger partial charge >= 0.3 is 0 Å². The van der Waals surface area contributed by atoms with Crippen LogP contribution in [0.2, 0.25) is 0 Å². The summed E-state index contributed by atoms with van der Waals surface area (Å²) in [5, 5.41) is 2.76. The first-order valence-corrected chi connectivity index (χ1v) is 6.59. The number of carbonyl (C=O) groups excluding carboxylic acids is 1. The maximum atomic E-state index is 11.7. The molecule has 1 aromatic carbocycles. The molecule has 0 bridgehead atoms. The highest BCUT2D eigenvalue weighted by molar-refractivity contribution is 5.93. The summed E-state index contributed by atoms with van der Waals surface area (Å²) >= 11 is 0. The molecule has 19 heavy (non-hydrogen) atoms. The average molecular weight is 264 g/mol. The van der Waals surface area contributed by atoms with E-state index in [0.29, 0.717) is 31.0 Å². The van der Waals surface area contributed by atoms with Gasteiger partial charge in [0, 0.05) is 6.61 Å². The number of carbonyl (C=O) groups is 1. The van der Waals surface area contributed by atoms with Crippen molar-refractivity contribution < 1.29 is 14.3 Å². The number of nitrogen functional groups attached to an aromatic ring is 1. The predicted molar refractivity (Wildman–Crippen MR) is 73.9 cm³/mol. The SMILES string of the molecule is Nc1ccccc1NC(=O)CCOCC1CCCO1. The number of hydrogen-bond donors (Lipinski definition) is 2. The quantitative estimate of drug-likeness (QED) is 0.607. The van der Waals surface area contributed by atoms with Crippen LogP contribution >= 0.6 is 0 Å². The third kappa shape index (κ3) is 4.54. The van der Waals surface area contributed by atoms with Crippen molar-refractivity contribution in [2.45, 2.75) is 25.4 Å². The number of rotatable bonds is 6. The summed E-state index contributed by atoms with van der Waals surface area (Å²) in [7, 11) is 0. The fourth-order valence-electron chi connectivity index (χ4n) is 1.98. The Morgan fingerprint density at radius 1 is 1.47 bits per heavy atom. The average Bonchev–Trinajstić information content (AvgIpc) is 2.91. The number of para-hydroxylation sites is 2. The monoisotopic (exact) mass is 264 g/mol. The van der Waals surface area contributed by atoms with Gasteiger partial charge in [-0.2, -0.15) is 0 Å². The van der Waals surface area contributed by atoms with E-state index in [-0.39, 0.29) is 12.0 Å². The Hall–Kier alpha value is -1.59. The topological polar surface area (TPSA) is 73.6 Å². The first-order chi connectivity index (χ1) is 9.25. The Bertz CT molecular complexity index is 417. The van der Waals surface area contributed by atoms with Crippen molar-refractivity contribution in [2.24, 2.45) is 0 Å². The van der Waals surface area contributed by atoms with Gasteiger partial charge in [-0.25, -0.2) is 0 Å². The third-order valence-electron chi connectivity index (χ3n) is 3.04. The predicted octanol–water partition coefficient (Wildman–Crippen LogP) is 1.79. The number of ether oxygens (including phenoxy) is 2. The third-order valence-corrected chi connectivity index (χ3v) is 3.04. The van der Waals surface area contributed by atoms with Crippen molar-refractivity contribution in [3.63, 3.8) is 0 Å². The summed E-state index contributed by atoms with van der Waals surface area (Å²) in [6.07, 6.45) is 2.67. The highest BCUT2D eigenvalue weighted by Gasteiger charge is 2.15. The number of nitrogens with two attached hydrogens (primary N) is 1. The van der Waals surface area contributed by atoms with Crippen LogP contribution in [0.15, 0.2) is 24.3 Å². The van der Waals surface area contributed by atoms with Gasteiger partial charge in [-0.05, 0) is 25.0 Å². The molecule has 0 spiro atoms. The molecule has 104 valence electrons. The second kappa shape index (κ2) is 7.11. The van der Waals surface area contributed by atoms with Crippen LogP contribution in [0.3, 0.4) is 0 Å². The van der Waals surface area contributed by atoms with E-state index in [0.717, 1.165) is 19.4 Å². The molecule has 1 amide bonds. The van der Waals surface area contributed by atoms with Crippen molar-refractivity contribution >= 4 is 17.3 Å². The summed E-state index contributed by atoms with van der Waals surface area (Å²) in [5.74, 6) is -0.0924. The zero-order valence-electron chi connectivity index (χ0n) is 10.9. The lowest BCUT2D eigenvalue weighted by atomic mass is 10.2. The van der Waals surface area contributed by atoms with Gasteiger partial charge in [0.2, 0.25) is 5.91 Å². The van der Waals surface area contributed by atoms with Crippen LogP contribution in [-0.2, 0) is 14.3 Å². The highest BCUT2D eigenvalue weighted by atomic mass is 16.5. The first kappa shape index (κ1) is 13.8. The van der Waals surface area contributed by atoms with E-state index in [2.05, 4.69) is 5.32 Å². The minimum absolute atomic E-state index is 0.0924. The van der Waals surface area contributed by atoms with Crippen molar-refractivity contribution in [3.05, 3.63) is 24.3 Å². The van der Waals surface area contributed by atoms with Gasteiger partial charge in [0.1, 0.15) is 0 Å². The smallest absolute Gasteiger partial charge is 0.226 e. The van der Waals surface area contributed by atoms with Crippen molar-refractivity contribution in [2.75, 3.05) is 30.9 Å². The van der Waals surface area contributed by atoms with E-state index in [4.69, 9.17) is 15.2 Å². The molecular formula is C14H20N2O3. The van der Waals surface area contributed by atoms with Gasteiger partial charge in [-0.15, -0.1) is 0 Å². The van der Waals surface area contributed by atoms with Gasteiger partial charge in [-0.1, -0.05) is 12.1 Å². The van der Waals surface area contributed by atoms with Gasteiger partial charge in [0.05, 0.1) is 37.1 Å². The van der Waals surface area contributed by atoms with Crippen molar-refractivity contribution in [3.8, 4) is 0 Å². The lowest BCUT2D eigenvalue weighted by molar-refractivity contribution is -0.117. The van der Waals surface area contributed by atoms with Gasteiger partial charge in [0.15, 0.2) is 0 Å². The number of hydrogen-bond acceptors (Lipinski definition) is 4. The Balaban J connectivity index is 1.63. The molecule has 5 heteroatoms. The number of nitrogens with one attached hydrogen (secondary N) is 1. The standard InChI is InChI=1S/C14H20N2O3/c15-12-5-1-2-6-13(12)16-14(17)7-9-18-10-11-4-3-8-19-11/h1-2,5-6,11H,3-4,7-10,15H2,(H,16,17). The molecule has 0 aliphatic carbocycles. The van der Waals surface area contributed by atoms with Crippen molar-refractivity contribution in [1.82, 2.24) is 0 Å². The van der Waals surface area contributed by atoms with Crippen LogP contribution in [0, 0.1) is 0 Å². The summed E-state index contributed by atoms with van der Waals surface area (Å²) in [4.78, 5) is 11.7. The lowest BCUT2D eigenvalue weighted by Gasteiger charge is -2.10. The largest absolute Gasteiger partial charge is 0.397 e. The maximum absolute atomic E-state index is 11.7. The molecule has 1 saturated heterocycles. The van der Waals surface area contributed by atoms with Crippen LogP contribution in [0.1, 0.15) is 19.3 Å². The summed E-state index contributed by atoms with van der Waals surface area (Å²) < 4.78 is 10.9. The molecule has 1 aliphatic rings. The molecule has 1 heterocycles. The van der Waals surface area contributed by atoms with E-state index < -0.39 is 0 Å². The minimum Gasteiger partial charge on any atom is -0.397 e. The second-order valence-electron chi connectivity index (χ2n) is 4.60. The summed E-state index contributed by atoms with van der Waals surface area (Å²) in [6.45, 7) is 1.79. The van der Waals surface area contributed by atoms with Crippen molar-refractivity contribution in [1.29, 1.82) is 0 Å². The first-order valence-electron chi connectivity index (χ1n) is 6.59. The molecule has 5 nitrogen and oxygen atoms in total.